The Kier molecular flexibility index (Phi) is 5.79. The lowest BCUT2D eigenvalue weighted by Gasteiger charge is -2.43. The van der Waals surface area contributed by atoms with E-state index in [2.05, 4.69) is 33.6 Å². The number of nitrogens with zero attached hydrogens (tertiary/aromatic N) is 5. The lowest BCUT2D eigenvalue weighted by atomic mass is 10.00. The van der Waals surface area contributed by atoms with Gasteiger partial charge in [0.25, 0.3) is 0 Å². The highest BCUT2D eigenvalue weighted by molar-refractivity contribution is 5.82. The summed E-state index contributed by atoms with van der Waals surface area (Å²) in [4.78, 5) is 18.2. The van der Waals surface area contributed by atoms with Crippen molar-refractivity contribution in [1.82, 2.24) is 14.9 Å². The van der Waals surface area contributed by atoms with E-state index >= 15 is 0 Å². The molecule has 2 N–H and O–H groups in total. The molecule has 6 nitrogen and oxygen atoms in total. The van der Waals surface area contributed by atoms with Crippen LogP contribution in [0.15, 0.2) is 59.7 Å². The molecule has 0 bridgehead atoms. The molecule has 0 saturated carbocycles. The van der Waals surface area contributed by atoms with Crippen LogP contribution in [0.25, 0.3) is 11.0 Å². The van der Waals surface area contributed by atoms with Crippen molar-refractivity contribution >= 4 is 28.5 Å². The molecule has 0 spiro atoms. The van der Waals surface area contributed by atoms with Gasteiger partial charge in [-0.2, -0.15) is 0 Å². The van der Waals surface area contributed by atoms with Crippen molar-refractivity contribution in [3.8, 4) is 0 Å². The van der Waals surface area contributed by atoms with Gasteiger partial charge in [0, 0.05) is 25.7 Å². The standard InChI is InChI=1S/C23H27FN6/c1-16(2)12-19-15-29(22-14-26-20-8-3-4-9-21(20)28-22)10-11-30(19)23(25)27-18-7-5-6-17(24)13-18/h3-9,13-14,16,19H,10-12,15H2,1-2H3,(H2,25,27). The average molecular weight is 407 g/mol. The minimum Gasteiger partial charge on any atom is -0.369 e. The molecule has 4 rings (SSSR count). The molecule has 1 unspecified atom stereocenters. The molecule has 1 atom stereocenters. The summed E-state index contributed by atoms with van der Waals surface area (Å²) >= 11 is 0. The Morgan fingerprint density at radius 1 is 1.17 bits per heavy atom. The molecule has 1 fully saturated rings. The topological polar surface area (TPSA) is 70.6 Å². The number of hydrogen-bond donors (Lipinski definition) is 1. The third-order valence-corrected chi connectivity index (χ3v) is 5.33. The minimum atomic E-state index is -0.317. The second kappa shape index (κ2) is 8.65. The Hall–Kier alpha value is -3.22. The highest BCUT2D eigenvalue weighted by Gasteiger charge is 2.30. The first-order valence-electron chi connectivity index (χ1n) is 10.3. The first-order valence-corrected chi connectivity index (χ1v) is 10.3. The lowest BCUT2D eigenvalue weighted by Crippen LogP contribution is -2.57. The number of rotatable bonds is 4. The van der Waals surface area contributed by atoms with E-state index in [0.717, 1.165) is 42.9 Å². The van der Waals surface area contributed by atoms with E-state index in [9.17, 15) is 4.39 Å². The van der Waals surface area contributed by atoms with Gasteiger partial charge in [-0.15, -0.1) is 0 Å². The molecule has 1 aliphatic heterocycles. The van der Waals surface area contributed by atoms with Gasteiger partial charge in [-0.3, -0.25) is 4.98 Å². The second-order valence-electron chi connectivity index (χ2n) is 8.09. The van der Waals surface area contributed by atoms with Crippen LogP contribution in [0.3, 0.4) is 0 Å². The van der Waals surface area contributed by atoms with Crippen LogP contribution in [0, 0.1) is 11.7 Å². The Bertz CT molecular complexity index is 1050. The number of fused-ring (bicyclic) bond motifs is 1. The number of halogens is 1. The summed E-state index contributed by atoms with van der Waals surface area (Å²) in [5, 5.41) is 0. The summed E-state index contributed by atoms with van der Waals surface area (Å²) in [6, 6.07) is 14.3. The molecule has 2 aromatic carbocycles. The van der Waals surface area contributed by atoms with E-state index in [1.807, 2.05) is 30.5 Å². The van der Waals surface area contributed by atoms with Crippen molar-refractivity contribution in [2.75, 3.05) is 24.5 Å². The normalized spacial score (nSPS) is 17.7. The molecule has 30 heavy (non-hydrogen) atoms. The van der Waals surface area contributed by atoms with E-state index in [1.54, 1.807) is 12.1 Å². The van der Waals surface area contributed by atoms with Gasteiger partial charge in [0.15, 0.2) is 5.96 Å². The van der Waals surface area contributed by atoms with Crippen LogP contribution in [-0.4, -0.2) is 46.5 Å². The van der Waals surface area contributed by atoms with Crippen molar-refractivity contribution in [3.05, 3.63) is 60.5 Å². The van der Waals surface area contributed by atoms with Crippen molar-refractivity contribution in [3.63, 3.8) is 0 Å². The van der Waals surface area contributed by atoms with Crippen LogP contribution in [0.4, 0.5) is 15.9 Å². The van der Waals surface area contributed by atoms with Crippen molar-refractivity contribution in [2.24, 2.45) is 16.6 Å². The second-order valence-corrected chi connectivity index (χ2v) is 8.09. The van der Waals surface area contributed by atoms with Crippen molar-refractivity contribution in [2.45, 2.75) is 26.3 Å². The first kappa shape index (κ1) is 20.1. The summed E-state index contributed by atoms with van der Waals surface area (Å²) in [6.07, 6.45) is 2.81. The Labute approximate surface area is 176 Å². The number of para-hydroxylation sites is 2. The third kappa shape index (κ3) is 4.50. The van der Waals surface area contributed by atoms with E-state index < -0.39 is 0 Å². The zero-order valence-electron chi connectivity index (χ0n) is 17.4. The van der Waals surface area contributed by atoms with Gasteiger partial charge < -0.3 is 15.5 Å². The van der Waals surface area contributed by atoms with Crippen LogP contribution < -0.4 is 10.6 Å². The molecule has 1 aliphatic rings. The fourth-order valence-corrected chi connectivity index (χ4v) is 3.95. The quantitative estimate of drug-likeness (QED) is 0.525. The SMILES string of the molecule is CC(C)CC1CN(c2cnc3ccccc3n2)CCN1C(N)=Nc1cccc(F)c1. The highest BCUT2D eigenvalue weighted by atomic mass is 19.1. The fourth-order valence-electron chi connectivity index (χ4n) is 3.95. The predicted molar refractivity (Wildman–Crippen MR) is 119 cm³/mol. The molecule has 0 amide bonds. The van der Waals surface area contributed by atoms with Gasteiger partial charge in [-0.25, -0.2) is 14.4 Å². The number of anilines is 1. The smallest absolute Gasteiger partial charge is 0.196 e. The van der Waals surface area contributed by atoms with E-state index in [0.29, 0.717) is 17.6 Å². The molecule has 7 heteroatoms. The molecular formula is C23H27FN6. The summed E-state index contributed by atoms with van der Waals surface area (Å²) < 4.78 is 13.5. The van der Waals surface area contributed by atoms with Gasteiger partial charge >= 0.3 is 0 Å². The molecule has 1 saturated heterocycles. The minimum absolute atomic E-state index is 0.185. The van der Waals surface area contributed by atoms with Gasteiger partial charge in [0.05, 0.1) is 22.9 Å². The van der Waals surface area contributed by atoms with Crippen LogP contribution >= 0.6 is 0 Å². The number of benzene rings is 2. The first-order chi connectivity index (χ1) is 14.5. The Morgan fingerprint density at radius 3 is 2.73 bits per heavy atom. The zero-order chi connectivity index (χ0) is 21.1. The third-order valence-electron chi connectivity index (χ3n) is 5.33. The van der Waals surface area contributed by atoms with Crippen molar-refractivity contribution in [1.29, 1.82) is 0 Å². The largest absolute Gasteiger partial charge is 0.369 e. The van der Waals surface area contributed by atoms with E-state index in [-0.39, 0.29) is 11.9 Å². The Morgan fingerprint density at radius 2 is 1.97 bits per heavy atom. The molecular weight excluding hydrogens is 379 g/mol. The lowest BCUT2D eigenvalue weighted by molar-refractivity contribution is 0.243. The van der Waals surface area contributed by atoms with E-state index in [1.165, 1.54) is 12.1 Å². The number of hydrogen-bond acceptors (Lipinski definition) is 4. The van der Waals surface area contributed by atoms with Crippen molar-refractivity contribution < 1.29 is 4.39 Å². The highest BCUT2D eigenvalue weighted by Crippen LogP contribution is 2.23. The molecule has 3 aromatic rings. The molecule has 0 aliphatic carbocycles. The number of piperazine rings is 1. The number of aliphatic imine (C=N–C) groups is 1. The number of aromatic nitrogens is 2. The van der Waals surface area contributed by atoms with Gasteiger partial charge in [0.1, 0.15) is 11.6 Å². The molecule has 2 heterocycles. The zero-order valence-corrected chi connectivity index (χ0v) is 17.4. The van der Waals surface area contributed by atoms with Gasteiger partial charge in [-0.05, 0) is 42.7 Å². The fraction of sp³-hybridized carbons (Fsp3) is 0.348. The number of guanidine groups is 1. The van der Waals surface area contributed by atoms with Crippen LogP contribution in [-0.2, 0) is 0 Å². The molecule has 156 valence electrons. The number of nitrogens with two attached hydrogens (primary N) is 1. The summed E-state index contributed by atoms with van der Waals surface area (Å²) in [5.74, 6) is 1.49. The maximum Gasteiger partial charge on any atom is 0.196 e. The van der Waals surface area contributed by atoms with Crippen LogP contribution in [0.1, 0.15) is 20.3 Å². The molecule has 1 aromatic heterocycles. The summed E-state index contributed by atoms with van der Waals surface area (Å²) in [5.41, 5.74) is 8.68. The van der Waals surface area contributed by atoms with Crippen LogP contribution in [0.2, 0.25) is 0 Å². The van der Waals surface area contributed by atoms with Crippen LogP contribution in [0.5, 0.6) is 0 Å². The maximum atomic E-state index is 13.5. The van der Waals surface area contributed by atoms with E-state index in [4.69, 9.17) is 10.7 Å². The Balaban J connectivity index is 1.57. The summed E-state index contributed by atoms with van der Waals surface area (Å²) in [7, 11) is 0. The predicted octanol–water partition coefficient (Wildman–Crippen LogP) is 3.95. The van der Waals surface area contributed by atoms with Gasteiger partial charge in [-0.1, -0.05) is 32.0 Å². The average Bonchev–Trinajstić information content (AvgIpc) is 2.73. The molecule has 0 radical (unpaired) electrons. The summed E-state index contributed by atoms with van der Waals surface area (Å²) in [6.45, 7) is 6.67. The van der Waals surface area contributed by atoms with Gasteiger partial charge in [0.2, 0.25) is 0 Å². The maximum absolute atomic E-state index is 13.5. The monoisotopic (exact) mass is 406 g/mol.